The van der Waals surface area contributed by atoms with Gasteiger partial charge in [0.2, 0.25) is 0 Å². The molecule has 3 aliphatic rings. The summed E-state index contributed by atoms with van der Waals surface area (Å²) in [5.41, 5.74) is 2.30. The van der Waals surface area contributed by atoms with Gasteiger partial charge >= 0.3 is 0 Å². The van der Waals surface area contributed by atoms with E-state index in [2.05, 4.69) is 13.0 Å². The van der Waals surface area contributed by atoms with Crippen LogP contribution in [0, 0.1) is 17.3 Å². The number of carbonyl (C=O) groups is 1. The fraction of sp³-hybridized carbons (Fsp3) is 0.632. The van der Waals surface area contributed by atoms with E-state index >= 15 is 0 Å². The van der Waals surface area contributed by atoms with Crippen molar-refractivity contribution in [2.24, 2.45) is 17.3 Å². The molecular weight excluding hydrogens is 276 g/mol. The number of rotatable bonds is 1. The molecule has 0 saturated heterocycles. The van der Waals surface area contributed by atoms with Gasteiger partial charge in [-0.3, -0.25) is 4.79 Å². The molecule has 0 bridgehead atoms. The largest absolute Gasteiger partial charge is 0.504 e. The summed E-state index contributed by atoms with van der Waals surface area (Å²) in [4.78, 5) is 12.3. The van der Waals surface area contributed by atoms with Gasteiger partial charge < -0.3 is 9.84 Å². The van der Waals surface area contributed by atoms with Gasteiger partial charge in [0.1, 0.15) is 5.78 Å². The molecule has 0 heterocycles. The summed E-state index contributed by atoms with van der Waals surface area (Å²) < 4.78 is 5.25. The topological polar surface area (TPSA) is 46.5 Å². The van der Waals surface area contributed by atoms with Gasteiger partial charge in [-0.1, -0.05) is 13.0 Å². The molecule has 0 amide bonds. The molecule has 2 saturated carbocycles. The second-order valence-electron chi connectivity index (χ2n) is 7.52. The summed E-state index contributed by atoms with van der Waals surface area (Å²) in [5.74, 6) is 3.04. The Morgan fingerprint density at radius 3 is 2.82 bits per heavy atom. The van der Waals surface area contributed by atoms with Crippen LogP contribution in [0.2, 0.25) is 0 Å². The fourth-order valence-corrected chi connectivity index (χ4v) is 5.56. The minimum absolute atomic E-state index is 0.0762. The Kier molecular flexibility index (Phi) is 3.04. The Bertz CT molecular complexity index is 636. The van der Waals surface area contributed by atoms with Gasteiger partial charge in [-0.15, -0.1) is 0 Å². The molecule has 0 radical (unpaired) electrons. The van der Waals surface area contributed by atoms with Crippen LogP contribution >= 0.6 is 0 Å². The molecule has 0 spiro atoms. The van der Waals surface area contributed by atoms with Crippen LogP contribution < -0.4 is 4.74 Å². The van der Waals surface area contributed by atoms with Crippen molar-refractivity contribution in [2.45, 2.75) is 51.4 Å². The van der Waals surface area contributed by atoms with Gasteiger partial charge in [-0.25, -0.2) is 0 Å². The Labute approximate surface area is 131 Å². The predicted octanol–water partition coefficient (Wildman–Crippen LogP) is 3.83. The van der Waals surface area contributed by atoms with Gasteiger partial charge in [0.15, 0.2) is 11.5 Å². The molecule has 0 aromatic heterocycles. The zero-order valence-corrected chi connectivity index (χ0v) is 13.4. The number of hydrogen-bond acceptors (Lipinski definition) is 3. The lowest BCUT2D eigenvalue weighted by Crippen LogP contribution is -2.42. The van der Waals surface area contributed by atoms with E-state index in [1.165, 1.54) is 5.56 Å². The van der Waals surface area contributed by atoms with E-state index in [1.807, 2.05) is 6.07 Å². The number of hydrogen-bond donors (Lipinski definition) is 1. The fourth-order valence-electron chi connectivity index (χ4n) is 5.56. The van der Waals surface area contributed by atoms with Crippen LogP contribution in [0.25, 0.3) is 0 Å². The summed E-state index contributed by atoms with van der Waals surface area (Å²) in [6.45, 7) is 2.20. The van der Waals surface area contributed by atoms with Crippen LogP contribution in [0.3, 0.4) is 0 Å². The molecule has 118 valence electrons. The Balaban J connectivity index is 1.73. The highest BCUT2D eigenvalue weighted by Gasteiger charge is 2.54. The molecule has 0 aliphatic heterocycles. The molecular formula is C19H24O3. The Morgan fingerprint density at radius 2 is 2.05 bits per heavy atom. The van der Waals surface area contributed by atoms with Crippen molar-refractivity contribution < 1.29 is 14.6 Å². The molecule has 4 rings (SSSR count). The minimum Gasteiger partial charge on any atom is -0.504 e. The van der Waals surface area contributed by atoms with Gasteiger partial charge in [0.25, 0.3) is 0 Å². The Hall–Kier alpha value is -1.51. The highest BCUT2D eigenvalue weighted by atomic mass is 16.5. The van der Waals surface area contributed by atoms with Crippen molar-refractivity contribution in [1.82, 2.24) is 0 Å². The molecule has 3 aliphatic carbocycles. The summed E-state index contributed by atoms with van der Waals surface area (Å²) in [7, 11) is 1.60. The lowest BCUT2D eigenvalue weighted by atomic mass is 9.55. The third kappa shape index (κ3) is 1.71. The summed E-state index contributed by atoms with van der Waals surface area (Å²) in [5, 5.41) is 10.4. The third-order valence-corrected chi connectivity index (χ3v) is 6.78. The zero-order valence-electron chi connectivity index (χ0n) is 13.4. The number of methoxy groups -OCH3 is 1. The molecule has 0 unspecified atom stereocenters. The Morgan fingerprint density at radius 1 is 1.23 bits per heavy atom. The quantitative estimate of drug-likeness (QED) is 0.857. The lowest BCUT2D eigenvalue weighted by Gasteiger charge is -2.48. The van der Waals surface area contributed by atoms with E-state index in [4.69, 9.17) is 4.74 Å². The van der Waals surface area contributed by atoms with E-state index in [0.717, 1.165) is 44.1 Å². The number of Topliss-reactive ketones (excluding diaryl/α,β-unsaturated/α-hetero) is 1. The van der Waals surface area contributed by atoms with Crippen molar-refractivity contribution in [3.63, 3.8) is 0 Å². The van der Waals surface area contributed by atoms with Crippen molar-refractivity contribution in [3.05, 3.63) is 23.3 Å². The molecule has 4 atom stereocenters. The van der Waals surface area contributed by atoms with Crippen molar-refractivity contribution >= 4 is 5.78 Å². The van der Waals surface area contributed by atoms with Crippen LogP contribution in [0.1, 0.15) is 56.1 Å². The lowest BCUT2D eigenvalue weighted by molar-refractivity contribution is -0.129. The molecule has 1 aromatic rings. The predicted molar refractivity (Wildman–Crippen MR) is 84.3 cm³/mol. The number of phenols is 1. The van der Waals surface area contributed by atoms with Crippen LogP contribution in [0.5, 0.6) is 11.5 Å². The number of carbonyl (C=O) groups excluding carboxylic acids is 1. The molecule has 1 aromatic carbocycles. The standard InChI is InChI=1S/C19H24O3/c1-19-10-9-12-11-5-7-16(22-2)18(21)14(11)4-3-13(12)15(19)6-8-17(19)20/h5,7,12-13,15,21H,3-4,6,8-10H2,1-2H3/t12-,13-,15+,19+/m1/s1. The first-order valence-corrected chi connectivity index (χ1v) is 8.48. The number of ketones is 1. The van der Waals surface area contributed by atoms with E-state index in [1.54, 1.807) is 7.11 Å². The number of phenolic OH excluding ortho intramolecular Hbond substituents is 1. The second kappa shape index (κ2) is 4.74. The third-order valence-electron chi connectivity index (χ3n) is 6.78. The van der Waals surface area contributed by atoms with Gasteiger partial charge in [0, 0.05) is 17.4 Å². The van der Waals surface area contributed by atoms with E-state index in [-0.39, 0.29) is 5.41 Å². The van der Waals surface area contributed by atoms with Crippen LogP contribution in [0.15, 0.2) is 12.1 Å². The van der Waals surface area contributed by atoms with Crippen molar-refractivity contribution in [1.29, 1.82) is 0 Å². The molecule has 1 N–H and O–H groups in total. The van der Waals surface area contributed by atoms with Crippen molar-refractivity contribution in [3.8, 4) is 11.5 Å². The number of fused-ring (bicyclic) bond motifs is 5. The van der Waals surface area contributed by atoms with E-state index in [9.17, 15) is 9.90 Å². The molecule has 22 heavy (non-hydrogen) atoms. The first kappa shape index (κ1) is 14.1. The first-order valence-electron chi connectivity index (χ1n) is 8.48. The average Bonchev–Trinajstić information content (AvgIpc) is 2.83. The maximum atomic E-state index is 12.3. The van der Waals surface area contributed by atoms with Crippen LogP contribution in [-0.4, -0.2) is 18.0 Å². The maximum absolute atomic E-state index is 12.3. The summed E-state index contributed by atoms with van der Waals surface area (Å²) in [6.07, 6.45) is 5.90. The van der Waals surface area contributed by atoms with Gasteiger partial charge in [-0.05, 0) is 61.5 Å². The smallest absolute Gasteiger partial charge is 0.161 e. The number of ether oxygens (including phenoxy) is 1. The summed E-state index contributed by atoms with van der Waals surface area (Å²) in [6, 6.07) is 4.04. The van der Waals surface area contributed by atoms with Crippen LogP contribution in [0.4, 0.5) is 0 Å². The molecule has 2 fully saturated rings. The first-order chi connectivity index (χ1) is 10.6. The average molecular weight is 300 g/mol. The molecule has 3 nitrogen and oxygen atoms in total. The normalized spacial score (nSPS) is 36.5. The second-order valence-corrected chi connectivity index (χ2v) is 7.52. The van der Waals surface area contributed by atoms with Crippen molar-refractivity contribution in [2.75, 3.05) is 7.11 Å². The highest BCUT2D eigenvalue weighted by Crippen LogP contribution is 2.60. The highest BCUT2D eigenvalue weighted by molar-refractivity contribution is 5.87. The zero-order chi connectivity index (χ0) is 15.5. The maximum Gasteiger partial charge on any atom is 0.161 e. The van der Waals surface area contributed by atoms with Crippen LogP contribution in [-0.2, 0) is 11.2 Å². The SMILES string of the molecule is COc1ccc2c(c1O)CC[C@@H]1[C@@H]2CC[C@]2(C)C(=O)CC[C@@H]12. The van der Waals surface area contributed by atoms with E-state index in [0.29, 0.717) is 35.0 Å². The number of benzene rings is 1. The molecule has 3 heteroatoms. The monoisotopic (exact) mass is 300 g/mol. The van der Waals surface area contributed by atoms with E-state index < -0.39 is 0 Å². The summed E-state index contributed by atoms with van der Waals surface area (Å²) >= 11 is 0. The van der Waals surface area contributed by atoms with Gasteiger partial charge in [0.05, 0.1) is 7.11 Å². The number of aromatic hydroxyl groups is 1. The van der Waals surface area contributed by atoms with Gasteiger partial charge in [-0.2, -0.15) is 0 Å². The minimum atomic E-state index is -0.0762.